The van der Waals surface area contributed by atoms with Gasteiger partial charge in [0.05, 0.1) is 0 Å². The third kappa shape index (κ3) is 4.59. The second-order valence-electron chi connectivity index (χ2n) is 8.07. The molecule has 4 aromatic rings. The molecule has 0 heterocycles. The Bertz CT molecular complexity index is 1160. The third-order valence-corrected chi connectivity index (χ3v) is 6.36. The molecule has 2 amide bonds. The van der Waals surface area contributed by atoms with Crippen LogP contribution in [0.1, 0.15) is 22.3 Å². The maximum Gasteiger partial charge on any atom is 0.240 e. The Morgan fingerprint density at radius 3 is 1.53 bits per heavy atom. The van der Waals surface area contributed by atoms with Gasteiger partial charge in [0.2, 0.25) is 11.8 Å². The number of benzene rings is 4. The minimum Gasteiger partial charge on any atom is -0.368 e. The molecule has 1 atom stereocenters. The van der Waals surface area contributed by atoms with Crippen LogP contribution < -0.4 is 11.1 Å². The fraction of sp³-hybridized carbons (Fsp3) is 0.103. The number of carbonyl (C=O) groups is 2. The van der Waals surface area contributed by atoms with Gasteiger partial charge < -0.3 is 11.1 Å². The van der Waals surface area contributed by atoms with Crippen LogP contribution in [0.25, 0.3) is 0 Å². The van der Waals surface area contributed by atoms with Gasteiger partial charge in [0.15, 0.2) is 0 Å². The Hall–Kier alpha value is -3.89. The second-order valence-corrected chi connectivity index (χ2v) is 8.48. The Morgan fingerprint density at radius 1 is 0.706 bits per heavy atom. The average molecular weight is 469 g/mol. The molecule has 0 aliphatic rings. The highest BCUT2D eigenvalue weighted by molar-refractivity contribution is 6.31. The first-order valence-corrected chi connectivity index (χ1v) is 11.4. The number of nitrogens with one attached hydrogen (secondary N) is 1. The number of halogens is 1. The van der Waals surface area contributed by atoms with Crippen molar-refractivity contribution in [2.75, 3.05) is 0 Å². The molecule has 170 valence electrons. The van der Waals surface area contributed by atoms with Crippen molar-refractivity contribution in [3.8, 4) is 0 Å². The van der Waals surface area contributed by atoms with Crippen molar-refractivity contribution in [2.45, 2.75) is 17.9 Å². The first kappa shape index (κ1) is 23.3. The molecule has 4 rings (SSSR count). The summed E-state index contributed by atoms with van der Waals surface area (Å²) < 4.78 is 0. The quantitative estimate of drug-likeness (QED) is 0.361. The Balaban J connectivity index is 1.85. The van der Waals surface area contributed by atoms with Crippen LogP contribution in [0.15, 0.2) is 115 Å². The molecule has 0 saturated heterocycles. The van der Waals surface area contributed by atoms with Crippen molar-refractivity contribution in [1.29, 1.82) is 0 Å². The molecule has 4 aromatic carbocycles. The fourth-order valence-corrected chi connectivity index (χ4v) is 4.54. The number of nitrogens with two attached hydrogens (primary N) is 1. The van der Waals surface area contributed by atoms with Crippen molar-refractivity contribution >= 4 is 23.4 Å². The van der Waals surface area contributed by atoms with Crippen LogP contribution in [0.5, 0.6) is 0 Å². The molecule has 0 saturated carbocycles. The smallest absolute Gasteiger partial charge is 0.240 e. The predicted octanol–water partition coefficient (Wildman–Crippen LogP) is 4.89. The lowest BCUT2D eigenvalue weighted by molar-refractivity contribution is -0.129. The third-order valence-electron chi connectivity index (χ3n) is 5.99. The summed E-state index contributed by atoms with van der Waals surface area (Å²) in [5.41, 5.74) is 7.63. The van der Waals surface area contributed by atoms with Crippen LogP contribution in [-0.4, -0.2) is 17.9 Å². The molecule has 0 unspecified atom stereocenters. The van der Waals surface area contributed by atoms with Crippen LogP contribution in [0.2, 0.25) is 5.02 Å². The number of rotatable bonds is 8. The van der Waals surface area contributed by atoms with Gasteiger partial charge in [0.25, 0.3) is 0 Å². The highest BCUT2D eigenvalue weighted by Crippen LogP contribution is 2.39. The standard InChI is InChI=1S/C29H25ClN2O2/c30-25-19-11-10-12-21(25)20-26(27(31)33)32-28(34)29(22-13-4-1-5-14-22,23-15-6-2-7-16-23)24-17-8-3-9-18-24/h1-19,26H,20H2,(H2,31,33)(H,32,34)/t26-/m0/s1. The van der Waals surface area contributed by atoms with E-state index in [0.29, 0.717) is 5.02 Å². The van der Waals surface area contributed by atoms with E-state index >= 15 is 0 Å². The average Bonchev–Trinajstić information content (AvgIpc) is 2.87. The molecular weight excluding hydrogens is 444 g/mol. The number of carbonyl (C=O) groups excluding carboxylic acids is 2. The van der Waals surface area contributed by atoms with Crippen molar-refractivity contribution < 1.29 is 9.59 Å². The molecule has 4 nitrogen and oxygen atoms in total. The van der Waals surface area contributed by atoms with Crippen LogP contribution in [0.3, 0.4) is 0 Å². The van der Waals surface area contributed by atoms with E-state index in [9.17, 15) is 9.59 Å². The molecule has 0 spiro atoms. The Kier molecular flexibility index (Phi) is 7.09. The van der Waals surface area contributed by atoms with Gasteiger partial charge in [-0.15, -0.1) is 0 Å². The second kappa shape index (κ2) is 10.4. The SMILES string of the molecule is NC(=O)[C@H](Cc1ccccc1Cl)NC(=O)C(c1ccccc1)(c1ccccc1)c1ccccc1. The van der Waals surface area contributed by atoms with Gasteiger partial charge in [-0.05, 0) is 28.3 Å². The number of hydrogen-bond acceptors (Lipinski definition) is 2. The zero-order valence-corrected chi connectivity index (χ0v) is 19.3. The first-order chi connectivity index (χ1) is 16.5. The fourth-order valence-electron chi connectivity index (χ4n) is 4.33. The summed E-state index contributed by atoms with van der Waals surface area (Å²) in [6.45, 7) is 0. The molecule has 0 fully saturated rings. The number of hydrogen-bond donors (Lipinski definition) is 2. The largest absolute Gasteiger partial charge is 0.368 e. The summed E-state index contributed by atoms with van der Waals surface area (Å²) in [4.78, 5) is 26.8. The van der Waals surface area contributed by atoms with Gasteiger partial charge in [0, 0.05) is 11.4 Å². The molecule has 5 heteroatoms. The van der Waals surface area contributed by atoms with Gasteiger partial charge in [0.1, 0.15) is 11.5 Å². The minimum atomic E-state index is -1.20. The van der Waals surface area contributed by atoms with Crippen molar-refractivity contribution in [3.63, 3.8) is 0 Å². The first-order valence-electron chi connectivity index (χ1n) is 11.0. The zero-order chi connectivity index (χ0) is 24.0. The number of primary amides is 1. The van der Waals surface area contributed by atoms with E-state index in [1.54, 1.807) is 6.07 Å². The van der Waals surface area contributed by atoms with Gasteiger partial charge in [-0.2, -0.15) is 0 Å². The summed E-state index contributed by atoms with van der Waals surface area (Å²) in [6.07, 6.45) is 0.190. The predicted molar refractivity (Wildman–Crippen MR) is 135 cm³/mol. The summed E-state index contributed by atoms with van der Waals surface area (Å²) in [7, 11) is 0. The van der Waals surface area contributed by atoms with Crippen LogP contribution in [0.4, 0.5) is 0 Å². The van der Waals surface area contributed by atoms with Crippen LogP contribution in [-0.2, 0) is 21.4 Å². The molecule has 0 bridgehead atoms. The molecule has 3 N–H and O–H groups in total. The molecule has 0 aliphatic carbocycles. The van der Waals surface area contributed by atoms with E-state index in [0.717, 1.165) is 22.3 Å². The summed E-state index contributed by atoms with van der Waals surface area (Å²) in [6, 6.07) is 35.0. The minimum absolute atomic E-state index is 0.190. The van der Waals surface area contributed by atoms with E-state index in [2.05, 4.69) is 5.32 Å². The highest BCUT2D eigenvalue weighted by Gasteiger charge is 2.44. The normalized spacial score (nSPS) is 12.0. The molecule has 0 aromatic heterocycles. The lowest BCUT2D eigenvalue weighted by atomic mass is 9.68. The summed E-state index contributed by atoms with van der Waals surface area (Å²) >= 11 is 6.32. The van der Waals surface area contributed by atoms with E-state index in [-0.39, 0.29) is 12.3 Å². The van der Waals surface area contributed by atoms with Gasteiger partial charge in [-0.25, -0.2) is 0 Å². The summed E-state index contributed by atoms with van der Waals surface area (Å²) in [5, 5.41) is 3.47. The maximum absolute atomic E-state index is 14.3. The molecular formula is C29H25ClN2O2. The van der Waals surface area contributed by atoms with Gasteiger partial charge in [-0.3, -0.25) is 9.59 Å². The lowest BCUT2D eigenvalue weighted by Gasteiger charge is -2.35. The summed E-state index contributed by atoms with van der Waals surface area (Å²) in [5.74, 6) is -0.969. The van der Waals surface area contributed by atoms with E-state index in [1.807, 2.05) is 109 Å². The van der Waals surface area contributed by atoms with Crippen LogP contribution in [0, 0.1) is 0 Å². The molecule has 0 aliphatic heterocycles. The topological polar surface area (TPSA) is 72.2 Å². The number of amides is 2. The highest BCUT2D eigenvalue weighted by atomic mass is 35.5. The van der Waals surface area contributed by atoms with Gasteiger partial charge in [-0.1, -0.05) is 121 Å². The van der Waals surface area contributed by atoms with Crippen LogP contribution >= 0.6 is 11.6 Å². The van der Waals surface area contributed by atoms with Crippen molar-refractivity contribution in [2.24, 2.45) is 5.73 Å². The Morgan fingerprint density at radius 2 is 1.12 bits per heavy atom. The maximum atomic E-state index is 14.3. The van der Waals surface area contributed by atoms with Crippen molar-refractivity contribution in [3.05, 3.63) is 143 Å². The van der Waals surface area contributed by atoms with E-state index in [1.165, 1.54) is 0 Å². The van der Waals surface area contributed by atoms with Crippen molar-refractivity contribution in [1.82, 2.24) is 5.32 Å². The molecule has 34 heavy (non-hydrogen) atoms. The molecule has 0 radical (unpaired) electrons. The van der Waals surface area contributed by atoms with Gasteiger partial charge >= 0.3 is 0 Å². The zero-order valence-electron chi connectivity index (χ0n) is 18.5. The Labute approximate surface area is 204 Å². The monoisotopic (exact) mass is 468 g/mol. The lowest BCUT2D eigenvalue weighted by Crippen LogP contribution is -2.54. The van der Waals surface area contributed by atoms with E-state index in [4.69, 9.17) is 17.3 Å². The van der Waals surface area contributed by atoms with E-state index < -0.39 is 17.4 Å².